The first-order valence-corrected chi connectivity index (χ1v) is 9.00. The molecule has 0 spiro atoms. The second-order valence-corrected chi connectivity index (χ2v) is 8.65. The smallest absolute Gasteiger partial charge is 0.343 e. The largest absolute Gasteiger partial charge is 0.404 e. The molecule has 0 aliphatic carbocycles. The number of hydrogen-bond acceptors (Lipinski definition) is 3. The highest BCUT2D eigenvalue weighted by Crippen LogP contribution is 2.51. The first kappa shape index (κ1) is 16.5. The van der Waals surface area contributed by atoms with E-state index < -0.39 is 13.3 Å². The molecule has 0 saturated heterocycles. The van der Waals surface area contributed by atoms with Crippen molar-refractivity contribution in [3.63, 3.8) is 0 Å². The van der Waals surface area contributed by atoms with Crippen molar-refractivity contribution >= 4 is 18.6 Å². The lowest BCUT2D eigenvalue weighted by molar-refractivity contribution is 0.0741. The average molecular weight is 316 g/mol. The van der Waals surface area contributed by atoms with Crippen molar-refractivity contribution in [1.29, 1.82) is 0 Å². The third kappa shape index (κ3) is 3.31. The fourth-order valence-electron chi connectivity index (χ4n) is 2.31. The van der Waals surface area contributed by atoms with E-state index in [-0.39, 0.29) is 5.66 Å². The third-order valence-corrected chi connectivity index (χ3v) is 6.43. The fourth-order valence-corrected chi connectivity index (χ4v) is 4.15. The maximum atomic E-state index is 13.2. The molecule has 2 aromatic carbocycles. The van der Waals surface area contributed by atoms with E-state index in [1.807, 2.05) is 45.9 Å². The number of benzene rings is 2. The van der Waals surface area contributed by atoms with Crippen LogP contribution >= 0.6 is 7.37 Å². The van der Waals surface area contributed by atoms with Crippen LogP contribution in [0.25, 0.3) is 0 Å². The quantitative estimate of drug-likeness (QED) is 0.782. The molecule has 0 aliphatic heterocycles. The number of rotatable bonds is 4. The van der Waals surface area contributed by atoms with Crippen LogP contribution in [0.15, 0.2) is 48.5 Å². The molecule has 116 valence electrons. The van der Waals surface area contributed by atoms with Crippen LogP contribution in [-0.2, 0) is 9.09 Å². The standard InChI is InChI=1S/C18H21O3P/c1-13(2)22(20,16-8-6-5-7-9-16)21-18(19)17-11-10-14(3)12-15(17)4/h5-13H,1-4H3. The molecule has 22 heavy (non-hydrogen) atoms. The van der Waals surface area contributed by atoms with Crippen LogP contribution in [0.1, 0.15) is 35.3 Å². The molecule has 0 fully saturated rings. The molecule has 1 unspecified atom stereocenters. The zero-order chi connectivity index (χ0) is 16.3. The summed E-state index contributed by atoms with van der Waals surface area (Å²) in [6.45, 7) is 7.43. The molecular weight excluding hydrogens is 295 g/mol. The number of carbonyl (C=O) groups is 1. The lowest BCUT2D eigenvalue weighted by Crippen LogP contribution is -2.18. The Balaban J connectivity index is 2.37. The topological polar surface area (TPSA) is 43.4 Å². The van der Waals surface area contributed by atoms with Gasteiger partial charge >= 0.3 is 5.97 Å². The van der Waals surface area contributed by atoms with E-state index in [0.29, 0.717) is 10.9 Å². The van der Waals surface area contributed by atoms with Gasteiger partial charge in [-0.25, -0.2) is 4.79 Å². The molecule has 0 heterocycles. The highest BCUT2D eigenvalue weighted by Gasteiger charge is 2.34. The lowest BCUT2D eigenvalue weighted by Gasteiger charge is -2.22. The van der Waals surface area contributed by atoms with Gasteiger partial charge in [0.2, 0.25) is 0 Å². The maximum Gasteiger partial charge on any atom is 0.343 e. The Morgan fingerprint density at radius 3 is 2.23 bits per heavy atom. The summed E-state index contributed by atoms with van der Waals surface area (Å²) in [5.41, 5.74) is 2.09. The highest BCUT2D eigenvalue weighted by molar-refractivity contribution is 7.68. The Morgan fingerprint density at radius 1 is 1.05 bits per heavy atom. The van der Waals surface area contributed by atoms with Crippen LogP contribution < -0.4 is 5.30 Å². The summed E-state index contributed by atoms with van der Waals surface area (Å²) < 4.78 is 18.7. The van der Waals surface area contributed by atoms with Crippen LogP contribution in [0.2, 0.25) is 0 Å². The van der Waals surface area contributed by atoms with Gasteiger partial charge in [-0.1, -0.05) is 49.7 Å². The average Bonchev–Trinajstić information content (AvgIpc) is 2.47. The summed E-state index contributed by atoms with van der Waals surface area (Å²) in [4.78, 5) is 12.5. The number of aryl methyl sites for hydroxylation is 2. The van der Waals surface area contributed by atoms with Gasteiger partial charge in [0.25, 0.3) is 7.37 Å². The van der Waals surface area contributed by atoms with Crippen molar-refractivity contribution < 1.29 is 13.9 Å². The monoisotopic (exact) mass is 316 g/mol. The van der Waals surface area contributed by atoms with E-state index in [1.165, 1.54) is 0 Å². The Morgan fingerprint density at radius 2 is 1.68 bits per heavy atom. The van der Waals surface area contributed by atoms with Crippen LogP contribution in [-0.4, -0.2) is 11.6 Å². The van der Waals surface area contributed by atoms with Crippen molar-refractivity contribution in [2.24, 2.45) is 0 Å². The number of hydrogen-bond donors (Lipinski definition) is 0. The third-order valence-electron chi connectivity index (χ3n) is 3.62. The molecule has 2 aromatic rings. The summed E-state index contributed by atoms with van der Waals surface area (Å²) in [6, 6.07) is 14.4. The van der Waals surface area contributed by atoms with Gasteiger partial charge in [-0.15, -0.1) is 0 Å². The van der Waals surface area contributed by atoms with Crippen LogP contribution in [0.5, 0.6) is 0 Å². The number of carbonyl (C=O) groups excluding carboxylic acids is 1. The van der Waals surface area contributed by atoms with E-state index in [1.54, 1.807) is 30.3 Å². The zero-order valence-corrected chi connectivity index (χ0v) is 14.3. The first-order valence-electron chi connectivity index (χ1n) is 7.31. The fraction of sp³-hybridized carbons (Fsp3) is 0.278. The van der Waals surface area contributed by atoms with Gasteiger partial charge in [0.05, 0.1) is 5.56 Å². The Kier molecular flexibility index (Phi) is 4.87. The predicted octanol–water partition coefficient (Wildman–Crippen LogP) is 4.47. The predicted molar refractivity (Wildman–Crippen MR) is 90.2 cm³/mol. The van der Waals surface area contributed by atoms with E-state index in [4.69, 9.17) is 4.52 Å². The van der Waals surface area contributed by atoms with Crippen molar-refractivity contribution in [3.05, 3.63) is 65.2 Å². The summed E-state index contributed by atoms with van der Waals surface area (Å²) in [5.74, 6) is -0.529. The molecular formula is C18H21O3P. The summed E-state index contributed by atoms with van der Waals surface area (Å²) in [7, 11) is -3.25. The van der Waals surface area contributed by atoms with Crippen molar-refractivity contribution in [3.8, 4) is 0 Å². The van der Waals surface area contributed by atoms with Crippen molar-refractivity contribution in [2.75, 3.05) is 0 Å². The summed E-state index contributed by atoms with van der Waals surface area (Å²) >= 11 is 0. The van der Waals surface area contributed by atoms with E-state index in [9.17, 15) is 9.36 Å². The Labute approximate surface area is 131 Å². The summed E-state index contributed by atoms with van der Waals surface area (Å²) in [5, 5.41) is 0.572. The van der Waals surface area contributed by atoms with Crippen LogP contribution in [0, 0.1) is 13.8 Å². The molecule has 1 atom stereocenters. The van der Waals surface area contributed by atoms with Crippen LogP contribution in [0.3, 0.4) is 0 Å². The van der Waals surface area contributed by atoms with Crippen molar-refractivity contribution in [1.82, 2.24) is 0 Å². The second kappa shape index (κ2) is 6.50. The molecule has 2 rings (SSSR count). The normalized spacial score (nSPS) is 13.7. The molecule has 3 nitrogen and oxygen atoms in total. The minimum Gasteiger partial charge on any atom is -0.404 e. The van der Waals surface area contributed by atoms with Gasteiger partial charge in [-0.2, -0.15) is 0 Å². The molecule has 0 bridgehead atoms. The van der Waals surface area contributed by atoms with E-state index in [0.717, 1.165) is 11.1 Å². The second-order valence-electron chi connectivity index (χ2n) is 5.72. The van der Waals surface area contributed by atoms with E-state index >= 15 is 0 Å². The molecule has 0 amide bonds. The van der Waals surface area contributed by atoms with Gasteiger partial charge in [0, 0.05) is 11.0 Å². The highest BCUT2D eigenvalue weighted by atomic mass is 31.2. The minimum absolute atomic E-state index is 0.274. The Hall–Kier alpha value is -1.86. The SMILES string of the molecule is Cc1ccc(C(=O)OP(=O)(c2ccccc2)C(C)C)c(C)c1. The molecule has 0 aliphatic rings. The first-order chi connectivity index (χ1) is 10.3. The lowest BCUT2D eigenvalue weighted by atomic mass is 10.1. The van der Waals surface area contributed by atoms with Crippen molar-refractivity contribution in [2.45, 2.75) is 33.4 Å². The van der Waals surface area contributed by atoms with E-state index in [2.05, 4.69) is 0 Å². The van der Waals surface area contributed by atoms with Crippen LogP contribution in [0.4, 0.5) is 0 Å². The minimum atomic E-state index is -3.25. The zero-order valence-electron chi connectivity index (χ0n) is 13.4. The Bertz CT molecular complexity index is 720. The summed E-state index contributed by atoms with van der Waals surface area (Å²) in [6.07, 6.45) is 0. The van der Waals surface area contributed by atoms with Gasteiger partial charge < -0.3 is 4.52 Å². The van der Waals surface area contributed by atoms with Gasteiger partial charge in [-0.3, -0.25) is 4.57 Å². The molecule has 4 heteroatoms. The maximum absolute atomic E-state index is 13.2. The molecule has 0 N–H and O–H groups in total. The molecule has 0 aromatic heterocycles. The van der Waals surface area contributed by atoms with Gasteiger partial charge in [-0.05, 0) is 37.6 Å². The van der Waals surface area contributed by atoms with Gasteiger partial charge in [0.15, 0.2) is 0 Å². The molecule has 0 saturated carbocycles. The van der Waals surface area contributed by atoms with Gasteiger partial charge in [0.1, 0.15) is 0 Å². The molecule has 0 radical (unpaired) electrons.